The van der Waals surface area contributed by atoms with Crippen LogP contribution in [0.25, 0.3) is 0 Å². The van der Waals surface area contributed by atoms with Crippen molar-refractivity contribution in [3.8, 4) is 0 Å². The van der Waals surface area contributed by atoms with Gasteiger partial charge < -0.3 is 10.0 Å². The standard InChI is InChI=1S/C10H20N2O4S/c1-9-8-11(2)5-6-12(9)17(15,16)7-3-4-10(13)14/h9H,3-8H2,1-2H3,(H,13,14). The molecule has 0 aromatic carbocycles. The largest absolute Gasteiger partial charge is 0.481 e. The molecule has 0 aromatic heterocycles. The molecule has 1 fully saturated rings. The van der Waals surface area contributed by atoms with E-state index < -0.39 is 16.0 Å². The van der Waals surface area contributed by atoms with E-state index in [4.69, 9.17) is 5.11 Å². The highest BCUT2D eigenvalue weighted by atomic mass is 32.2. The summed E-state index contributed by atoms with van der Waals surface area (Å²) in [5.74, 6) is -1.03. The first-order valence-corrected chi connectivity index (χ1v) is 7.33. The minimum atomic E-state index is -3.31. The van der Waals surface area contributed by atoms with Crippen molar-refractivity contribution < 1.29 is 18.3 Å². The number of carbonyl (C=O) groups is 1. The van der Waals surface area contributed by atoms with E-state index in [1.165, 1.54) is 4.31 Å². The van der Waals surface area contributed by atoms with Crippen molar-refractivity contribution >= 4 is 16.0 Å². The summed E-state index contributed by atoms with van der Waals surface area (Å²) in [6.45, 7) is 3.82. The predicted molar refractivity (Wildman–Crippen MR) is 64.3 cm³/mol. The lowest BCUT2D eigenvalue weighted by atomic mass is 10.2. The zero-order valence-electron chi connectivity index (χ0n) is 10.3. The monoisotopic (exact) mass is 264 g/mol. The lowest BCUT2D eigenvalue weighted by Gasteiger charge is -2.37. The smallest absolute Gasteiger partial charge is 0.303 e. The van der Waals surface area contributed by atoms with Gasteiger partial charge in [0.15, 0.2) is 0 Å². The van der Waals surface area contributed by atoms with Gasteiger partial charge in [-0.25, -0.2) is 8.42 Å². The van der Waals surface area contributed by atoms with Crippen LogP contribution in [0.15, 0.2) is 0 Å². The van der Waals surface area contributed by atoms with Crippen molar-refractivity contribution in [2.45, 2.75) is 25.8 Å². The summed E-state index contributed by atoms with van der Waals surface area (Å²) in [7, 11) is -1.35. The molecule has 0 saturated carbocycles. The van der Waals surface area contributed by atoms with Crippen LogP contribution in [0.4, 0.5) is 0 Å². The summed E-state index contributed by atoms with van der Waals surface area (Å²) >= 11 is 0. The van der Waals surface area contributed by atoms with Crippen LogP contribution < -0.4 is 0 Å². The van der Waals surface area contributed by atoms with E-state index in [1.807, 2.05) is 14.0 Å². The van der Waals surface area contributed by atoms with Crippen molar-refractivity contribution in [2.24, 2.45) is 0 Å². The summed E-state index contributed by atoms with van der Waals surface area (Å²) < 4.78 is 25.5. The molecule has 1 atom stereocenters. The number of piperazine rings is 1. The Balaban J connectivity index is 2.54. The Morgan fingerprint density at radius 3 is 2.59 bits per heavy atom. The summed E-state index contributed by atoms with van der Waals surface area (Å²) in [6.07, 6.45) is 0.0814. The maximum absolute atomic E-state index is 12.0. The Morgan fingerprint density at radius 2 is 2.06 bits per heavy atom. The van der Waals surface area contributed by atoms with E-state index in [2.05, 4.69) is 4.90 Å². The van der Waals surface area contributed by atoms with Gasteiger partial charge in [0.2, 0.25) is 10.0 Å². The Kier molecular flexibility index (Phi) is 4.91. The molecule has 1 aliphatic rings. The SMILES string of the molecule is CC1CN(C)CCN1S(=O)(=O)CCCC(=O)O. The molecule has 0 aliphatic carbocycles. The second-order valence-corrected chi connectivity index (χ2v) is 6.58. The molecule has 1 rings (SSSR count). The molecular formula is C10H20N2O4S. The fourth-order valence-corrected chi connectivity index (χ4v) is 3.78. The van der Waals surface area contributed by atoms with Crippen LogP contribution in [0.3, 0.4) is 0 Å². The Bertz CT molecular complexity index is 369. The molecule has 0 spiro atoms. The average Bonchev–Trinajstić information content (AvgIpc) is 2.15. The molecule has 0 radical (unpaired) electrons. The van der Waals surface area contributed by atoms with E-state index >= 15 is 0 Å². The fourth-order valence-electron chi connectivity index (χ4n) is 2.06. The maximum atomic E-state index is 12.0. The lowest BCUT2D eigenvalue weighted by Crippen LogP contribution is -2.53. The van der Waals surface area contributed by atoms with Gasteiger partial charge in [-0.05, 0) is 20.4 Å². The third-order valence-electron chi connectivity index (χ3n) is 2.92. The Hall–Kier alpha value is -0.660. The van der Waals surface area contributed by atoms with E-state index in [9.17, 15) is 13.2 Å². The number of sulfonamides is 1. The highest BCUT2D eigenvalue weighted by molar-refractivity contribution is 7.89. The second kappa shape index (κ2) is 5.79. The van der Waals surface area contributed by atoms with Gasteiger partial charge in [-0.15, -0.1) is 0 Å². The van der Waals surface area contributed by atoms with Gasteiger partial charge in [0.25, 0.3) is 0 Å². The number of carboxylic acid groups (broad SMARTS) is 1. The summed E-state index contributed by atoms with van der Waals surface area (Å²) in [4.78, 5) is 12.4. The molecule has 0 amide bonds. The molecule has 0 bridgehead atoms. The number of rotatable bonds is 5. The molecule has 6 nitrogen and oxygen atoms in total. The molecular weight excluding hydrogens is 244 g/mol. The highest BCUT2D eigenvalue weighted by Crippen LogP contribution is 2.14. The minimum Gasteiger partial charge on any atom is -0.481 e. The van der Waals surface area contributed by atoms with Crippen LogP contribution in [0.2, 0.25) is 0 Å². The topological polar surface area (TPSA) is 77.9 Å². The Morgan fingerprint density at radius 1 is 1.41 bits per heavy atom. The first-order valence-electron chi connectivity index (χ1n) is 5.73. The predicted octanol–water partition coefficient (Wildman–Crippen LogP) is -0.183. The molecule has 0 aromatic rings. The highest BCUT2D eigenvalue weighted by Gasteiger charge is 2.30. The molecule has 100 valence electrons. The molecule has 1 saturated heterocycles. The van der Waals surface area contributed by atoms with Gasteiger partial charge in [0.05, 0.1) is 5.75 Å². The number of aliphatic carboxylic acids is 1. The van der Waals surface area contributed by atoms with Gasteiger partial charge in [-0.2, -0.15) is 4.31 Å². The van der Waals surface area contributed by atoms with Crippen molar-refractivity contribution in [3.05, 3.63) is 0 Å². The quantitative estimate of drug-likeness (QED) is 0.745. The molecule has 1 heterocycles. The molecule has 17 heavy (non-hydrogen) atoms. The maximum Gasteiger partial charge on any atom is 0.303 e. The van der Waals surface area contributed by atoms with Crippen molar-refractivity contribution in [2.75, 3.05) is 32.4 Å². The van der Waals surface area contributed by atoms with Crippen LogP contribution >= 0.6 is 0 Å². The van der Waals surface area contributed by atoms with Crippen LogP contribution in [0.5, 0.6) is 0 Å². The van der Waals surface area contributed by atoms with Crippen molar-refractivity contribution in [3.63, 3.8) is 0 Å². The first kappa shape index (κ1) is 14.4. The second-order valence-electron chi connectivity index (χ2n) is 4.54. The normalized spacial score (nSPS) is 23.8. The molecule has 1 unspecified atom stereocenters. The number of carboxylic acids is 1. The van der Waals surface area contributed by atoms with Crippen LogP contribution in [0, 0.1) is 0 Å². The third-order valence-corrected chi connectivity index (χ3v) is 4.98. The van der Waals surface area contributed by atoms with E-state index in [1.54, 1.807) is 0 Å². The summed E-state index contributed by atoms with van der Waals surface area (Å²) in [5, 5.41) is 8.49. The number of likely N-dealkylation sites (N-methyl/N-ethyl adjacent to an activating group) is 1. The van der Waals surface area contributed by atoms with Crippen LogP contribution in [-0.2, 0) is 14.8 Å². The van der Waals surface area contributed by atoms with E-state index in [0.29, 0.717) is 6.54 Å². The van der Waals surface area contributed by atoms with Gasteiger partial charge in [0, 0.05) is 32.1 Å². The number of hydrogen-bond donors (Lipinski definition) is 1. The lowest BCUT2D eigenvalue weighted by molar-refractivity contribution is -0.137. The van der Waals surface area contributed by atoms with Gasteiger partial charge in [-0.1, -0.05) is 0 Å². The van der Waals surface area contributed by atoms with Crippen LogP contribution in [-0.4, -0.2) is 67.2 Å². The van der Waals surface area contributed by atoms with Gasteiger partial charge in [-0.3, -0.25) is 4.79 Å². The number of hydrogen-bond acceptors (Lipinski definition) is 4. The molecule has 1 N–H and O–H groups in total. The Labute approximate surface area is 102 Å². The average molecular weight is 264 g/mol. The zero-order valence-corrected chi connectivity index (χ0v) is 11.1. The third kappa shape index (κ3) is 4.25. The van der Waals surface area contributed by atoms with Crippen LogP contribution in [0.1, 0.15) is 19.8 Å². The number of nitrogens with zero attached hydrogens (tertiary/aromatic N) is 2. The molecule has 7 heteroatoms. The fraction of sp³-hybridized carbons (Fsp3) is 0.900. The van der Waals surface area contributed by atoms with Gasteiger partial charge in [0.1, 0.15) is 0 Å². The van der Waals surface area contributed by atoms with Gasteiger partial charge >= 0.3 is 5.97 Å². The summed E-state index contributed by atoms with van der Waals surface area (Å²) in [6, 6.07) is -0.0384. The zero-order chi connectivity index (χ0) is 13.1. The first-order chi connectivity index (χ1) is 7.83. The van der Waals surface area contributed by atoms with E-state index in [0.717, 1.165) is 13.1 Å². The van der Waals surface area contributed by atoms with Crippen molar-refractivity contribution in [1.29, 1.82) is 0 Å². The molecule has 1 aliphatic heterocycles. The van der Waals surface area contributed by atoms with E-state index in [-0.39, 0.29) is 24.6 Å². The minimum absolute atomic E-state index is 0.0384. The summed E-state index contributed by atoms with van der Waals surface area (Å²) in [5.41, 5.74) is 0. The van der Waals surface area contributed by atoms with Crippen molar-refractivity contribution in [1.82, 2.24) is 9.21 Å².